The van der Waals surface area contributed by atoms with Crippen molar-refractivity contribution in [1.82, 2.24) is 5.32 Å². The molecule has 0 bridgehead atoms. The first-order valence-electron chi connectivity index (χ1n) is 9.32. The highest BCUT2D eigenvalue weighted by molar-refractivity contribution is 5.90. The lowest BCUT2D eigenvalue weighted by Crippen LogP contribution is -2.47. The molecular formula is C21H31NO5. The highest BCUT2D eigenvalue weighted by atomic mass is 16.6. The molecule has 0 fully saturated rings. The first-order valence-corrected chi connectivity index (χ1v) is 9.32. The van der Waals surface area contributed by atoms with Gasteiger partial charge in [0.05, 0.1) is 12.0 Å². The molecule has 0 aliphatic carbocycles. The fourth-order valence-electron chi connectivity index (χ4n) is 2.73. The van der Waals surface area contributed by atoms with E-state index in [0.717, 1.165) is 5.56 Å². The molecule has 0 saturated heterocycles. The Morgan fingerprint density at radius 3 is 2.22 bits per heavy atom. The van der Waals surface area contributed by atoms with Gasteiger partial charge in [-0.25, -0.2) is 4.79 Å². The molecule has 0 heterocycles. The van der Waals surface area contributed by atoms with Crippen molar-refractivity contribution in [2.75, 3.05) is 0 Å². The van der Waals surface area contributed by atoms with Crippen LogP contribution < -0.4 is 5.32 Å². The van der Waals surface area contributed by atoms with Gasteiger partial charge >= 0.3 is 12.1 Å². The molecule has 150 valence electrons. The van der Waals surface area contributed by atoms with Gasteiger partial charge < -0.3 is 15.2 Å². The number of carbonyl (C=O) groups is 3. The van der Waals surface area contributed by atoms with E-state index in [0.29, 0.717) is 6.42 Å². The summed E-state index contributed by atoms with van der Waals surface area (Å²) in [7, 11) is 0. The fourth-order valence-corrected chi connectivity index (χ4v) is 2.73. The molecule has 0 spiro atoms. The predicted octanol–water partition coefficient (Wildman–Crippen LogP) is 3.83. The van der Waals surface area contributed by atoms with Crippen molar-refractivity contribution in [2.24, 2.45) is 11.8 Å². The fraction of sp³-hybridized carbons (Fsp3) is 0.571. The largest absolute Gasteiger partial charge is 0.481 e. The maximum Gasteiger partial charge on any atom is 0.408 e. The maximum atomic E-state index is 12.8. The minimum absolute atomic E-state index is 0.129. The standard InChI is InChI=1S/C21H31NO5/c1-6-14(2)18(22-20(26)27-21(3,4)5)17(23)13-16(19(24)25)12-15-10-8-7-9-11-15/h7-11,14,16,18H,6,12-13H2,1-5H3,(H,22,26)(H,24,25)/t14-,16-,18-/m0/s1. The molecule has 6 nitrogen and oxygen atoms in total. The van der Waals surface area contributed by atoms with E-state index in [1.807, 2.05) is 44.2 Å². The van der Waals surface area contributed by atoms with E-state index in [-0.39, 0.29) is 24.5 Å². The molecule has 0 aliphatic heterocycles. The Hall–Kier alpha value is -2.37. The van der Waals surface area contributed by atoms with E-state index >= 15 is 0 Å². The van der Waals surface area contributed by atoms with Gasteiger partial charge in [0.25, 0.3) is 0 Å². The monoisotopic (exact) mass is 377 g/mol. The Kier molecular flexibility index (Phi) is 8.47. The zero-order valence-corrected chi connectivity index (χ0v) is 16.8. The number of hydrogen-bond acceptors (Lipinski definition) is 4. The Morgan fingerprint density at radius 2 is 1.74 bits per heavy atom. The van der Waals surface area contributed by atoms with E-state index in [2.05, 4.69) is 5.32 Å². The van der Waals surface area contributed by atoms with Crippen molar-refractivity contribution < 1.29 is 24.2 Å². The van der Waals surface area contributed by atoms with Gasteiger partial charge in [-0.2, -0.15) is 0 Å². The van der Waals surface area contributed by atoms with Crippen LogP contribution in [0.15, 0.2) is 30.3 Å². The number of alkyl carbamates (subject to hydrolysis) is 1. The van der Waals surface area contributed by atoms with Gasteiger partial charge in [-0.15, -0.1) is 0 Å². The molecule has 6 heteroatoms. The zero-order chi connectivity index (χ0) is 20.6. The molecule has 1 rings (SSSR count). The number of nitrogens with one attached hydrogen (secondary N) is 1. The Bertz CT molecular complexity index is 636. The molecule has 2 N–H and O–H groups in total. The summed E-state index contributed by atoms with van der Waals surface area (Å²) < 4.78 is 5.24. The normalized spacial score (nSPS) is 14.7. The van der Waals surface area contributed by atoms with Gasteiger partial charge in [-0.3, -0.25) is 9.59 Å². The molecule has 3 atom stereocenters. The van der Waals surface area contributed by atoms with Crippen molar-refractivity contribution in [1.29, 1.82) is 0 Å². The number of carboxylic acids is 1. The molecular weight excluding hydrogens is 346 g/mol. The van der Waals surface area contributed by atoms with Crippen molar-refractivity contribution in [3.05, 3.63) is 35.9 Å². The van der Waals surface area contributed by atoms with E-state index in [1.54, 1.807) is 20.8 Å². The average molecular weight is 377 g/mol. The first-order chi connectivity index (χ1) is 12.5. The summed E-state index contributed by atoms with van der Waals surface area (Å²) in [5, 5.41) is 12.2. The number of ether oxygens (including phenoxy) is 1. The number of ketones is 1. The van der Waals surface area contributed by atoms with E-state index in [4.69, 9.17) is 4.74 Å². The first kappa shape index (κ1) is 22.7. The van der Waals surface area contributed by atoms with Gasteiger partial charge in [0.2, 0.25) is 0 Å². The van der Waals surface area contributed by atoms with Crippen LogP contribution in [0.25, 0.3) is 0 Å². The van der Waals surface area contributed by atoms with Gasteiger partial charge in [0.1, 0.15) is 5.60 Å². The Balaban J connectivity index is 2.86. The van der Waals surface area contributed by atoms with E-state index in [9.17, 15) is 19.5 Å². The molecule has 0 aliphatic rings. The van der Waals surface area contributed by atoms with Crippen molar-refractivity contribution in [3.63, 3.8) is 0 Å². The molecule has 27 heavy (non-hydrogen) atoms. The minimum atomic E-state index is -1.02. The molecule has 0 unspecified atom stereocenters. The third kappa shape index (κ3) is 8.24. The minimum Gasteiger partial charge on any atom is -0.481 e. The van der Waals surface area contributed by atoms with Gasteiger partial charge in [-0.1, -0.05) is 50.6 Å². The average Bonchev–Trinajstić information content (AvgIpc) is 2.57. The topological polar surface area (TPSA) is 92.7 Å². The van der Waals surface area contributed by atoms with E-state index < -0.39 is 29.6 Å². The molecule has 1 aromatic rings. The van der Waals surface area contributed by atoms with Crippen LogP contribution in [0.2, 0.25) is 0 Å². The van der Waals surface area contributed by atoms with Crippen molar-refractivity contribution in [3.8, 4) is 0 Å². The lowest BCUT2D eigenvalue weighted by molar-refractivity contribution is -0.144. The molecule has 0 aromatic heterocycles. The lowest BCUT2D eigenvalue weighted by atomic mass is 9.87. The maximum absolute atomic E-state index is 12.8. The second kappa shape index (κ2) is 10.1. The Morgan fingerprint density at radius 1 is 1.15 bits per heavy atom. The van der Waals surface area contributed by atoms with Crippen LogP contribution in [0.1, 0.15) is 53.0 Å². The third-order valence-electron chi connectivity index (χ3n) is 4.35. The number of benzene rings is 1. The van der Waals surface area contributed by atoms with Crippen LogP contribution in [-0.4, -0.2) is 34.6 Å². The van der Waals surface area contributed by atoms with E-state index in [1.165, 1.54) is 0 Å². The lowest BCUT2D eigenvalue weighted by Gasteiger charge is -2.27. The van der Waals surface area contributed by atoms with Crippen LogP contribution >= 0.6 is 0 Å². The summed E-state index contributed by atoms with van der Waals surface area (Å²) in [5.74, 6) is -2.28. The summed E-state index contributed by atoms with van der Waals surface area (Å²) >= 11 is 0. The number of carbonyl (C=O) groups excluding carboxylic acids is 2. The highest BCUT2D eigenvalue weighted by Gasteiger charge is 2.31. The van der Waals surface area contributed by atoms with Gasteiger partial charge in [0.15, 0.2) is 5.78 Å². The van der Waals surface area contributed by atoms with Crippen LogP contribution in [0.3, 0.4) is 0 Å². The molecule has 1 amide bonds. The molecule has 0 saturated carbocycles. The summed E-state index contributed by atoms with van der Waals surface area (Å²) in [5.41, 5.74) is 0.183. The second-order valence-corrected chi connectivity index (χ2v) is 7.90. The van der Waals surface area contributed by atoms with Gasteiger partial charge in [-0.05, 0) is 38.7 Å². The number of amides is 1. The predicted molar refractivity (Wildman–Crippen MR) is 104 cm³/mol. The van der Waals surface area contributed by atoms with Crippen LogP contribution in [0.4, 0.5) is 4.79 Å². The van der Waals surface area contributed by atoms with Crippen LogP contribution in [-0.2, 0) is 20.7 Å². The summed E-state index contributed by atoms with van der Waals surface area (Å²) in [6.45, 7) is 9.00. The summed E-state index contributed by atoms with van der Waals surface area (Å²) in [4.78, 5) is 36.6. The van der Waals surface area contributed by atoms with Crippen molar-refractivity contribution >= 4 is 17.8 Å². The highest BCUT2D eigenvalue weighted by Crippen LogP contribution is 2.18. The number of carboxylic acid groups (broad SMARTS) is 1. The van der Waals surface area contributed by atoms with Crippen LogP contribution in [0.5, 0.6) is 0 Å². The molecule has 1 aromatic carbocycles. The second-order valence-electron chi connectivity index (χ2n) is 7.90. The quantitative estimate of drug-likeness (QED) is 0.682. The van der Waals surface area contributed by atoms with Crippen LogP contribution in [0, 0.1) is 11.8 Å². The Labute approximate surface area is 161 Å². The third-order valence-corrected chi connectivity index (χ3v) is 4.35. The SMILES string of the molecule is CC[C@H](C)[C@H](NC(=O)OC(C)(C)C)C(=O)C[C@H](Cc1ccccc1)C(=O)O. The number of Topliss-reactive ketones (excluding diaryl/α,β-unsaturated/α-hetero) is 1. The number of aliphatic carboxylic acids is 1. The molecule has 0 radical (unpaired) electrons. The summed E-state index contributed by atoms with van der Waals surface area (Å²) in [6, 6.07) is 8.43. The summed E-state index contributed by atoms with van der Waals surface area (Å²) in [6.07, 6.45) is 0.121. The van der Waals surface area contributed by atoms with Gasteiger partial charge in [0, 0.05) is 6.42 Å². The van der Waals surface area contributed by atoms with Crippen molar-refractivity contribution in [2.45, 2.75) is 65.5 Å². The zero-order valence-electron chi connectivity index (χ0n) is 16.8. The number of hydrogen-bond donors (Lipinski definition) is 2. The smallest absolute Gasteiger partial charge is 0.408 e. The number of rotatable bonds is 9.